The Morgan fingerprint density at radius 3 is 1.55 bits per heavy atom. The molecule has 0 unspecified atom stereocenters. The van der Waals surface area contributed by atoms with Crippen molar-refractivity contribution in [2.45, 2.75) is 328 Å². The number of carbonyl (C=O) groups excluding carboxylic acids is 2. The van der Waals surface area contributed by atoms with Crippen LogP contribution in [0.3, 0.4) is 0 Å². The molecule has 42 atom stereocenters. The second-order valence-corrected chi connectivity index (χ2v) is 33.5. The number of carboxylic acids is 1. The SMILES string of the molecule is C[C@@H]1O[C@@H](O[C@H]2[C@@H](OC(=O)[C@]34CCC(C)(C)C[C@H]3C3=CC[C@H]5[C@]6(C)CC[C@@H](O[C@H]7O[C@H](C(=O)O)[C@H](O)[C@H](O[C@@H]8O[C@H](CO)[C@H](O)[C@@H](O)[C@H]8O)[C@@H]7O[C@H]7OC[C@@H](O)[C@@H](O)[C@H]7O)[C@@](C)(C=O)[C@@H]6CC[C@@]5(C)[C@]3(C)CC4)O[C@H](C)[C@H](O)[C@@H]2O)[C@@H](O)[C@H](O[C@@H]2O[C@@H](CO)[C@@H](O)[C@H](O)[C@@H]2O)[C@H]1O[C@@H]1OC[C@@H](O)[C@H](O)[C@@H]1O. The zero-order chi connectivity index (χ0) is 77.3. The minimum absolute atomic E-state index is 0.124. The molecular formula is C70H110O36. The fraction of sp³-hybridized carbons (Fsp3) is 0.929. The number of esters is 1. The van der Waals surface area contributed by atoms with E-state index in [0.29, 0.717) is 57.8 Å². The van der Waals surface area contributed by atoms with E-state index in [9.17, 15) is 107 Å². The van der Waals surface area contributed by atoms with Gasteiger partial charge in [0.2, 0.25) is 6.29 Å². The van der Waals surface area contributed by atoms with Gasteiger partial charge in [0, 0.05) is 0 Å². The van der Waals surface area contributed by atoms with Gasteiger partial charge in [-0.2, -0.15) is 0 Å². The fourth-order valence-electron chi connectivity index (χ4n) is 20.1. The molecule has 0 bridgehead atoms. The Labute approximate surface area is 610 Å². The summed E-state index contributed by atoms with van der Waals surface area (Å²) >= 11 is 0. The van der Waals surface area contributed by atoms with Crippen molar-refractivity contribution in [3.8, 4) is 0 Å². The average Bonchev–Trinajstić information content (AvgIpc) is 0.674. The number of allylic oxidation sites excluding steroid dienone is 2. The molecule has 7 aliphatic heterocycles. The minimum atomic E-state index is -2.23. The molecular weight excluding hydrogens is 1420 g/mol. The Balaban J connectivity index is 0.804. The second-order valence-electron chi connectivity index (χ2n) is 33.5. The van der Waals surface area contributed by atoms with Gasteiger partial charge in [0.25, 0.3) is 0 Å². The molecule has 7 heterocycles. The highest BCUT2D eigenvalue weighted by atomic mass is 16.8. The molecule has 0 radical (unpaired) electrons. The van der Waals surface area contributed by atoms with Crippen molar-refractivity contribution in [1.82, 2.24) is 0 Å². The van der Waals surface area contributed by atoms with E-state index in [2.05, 4.69) is 40.7 Å². The van der Waals surface area contributed by atoms with E-state index < -0.39 is 286 Å². The monoisotopic (exact) mass is 1530 g/mol. The predicted octanol–water partition coefficient (Wildman–Crippen LogP) is -5.96. The largest absolute Gasteiger partial charge is 0.479 e. The van der Waals surface area contributed by atoms with Crippen molar-refractivity contribution < 1.29 is 178 Å². The Morgan fingerprint density at radius 1 is 0.481 bits per heavy atom. The third-order valence-corrected chi connectivity index (χ3v) is 26.8. The number of aliphatic hydroxyl groups excluding tert-OH is 18. The van der Waals surface area contributed by atoms with Gasteiger partial charge in [-0.1, -0.05) is 53.2 Å². The van der Waals surface area contributed by atoms with Gasteiger partial charge in [-0.3, -0.25) is 4.79 Å². The van der Waals surface area contributed by atoms with Gasteiger partial charge in [-0.25, -0.2) is 4.79 Å². The quantitative estimate of drug-likeness (QED) is 0.0263. The van der Waals surface area contributed by atoms with Crippen LogP contribution in [0.25, 0.3) is 0 Å². The molecule has 12 rings (SSSR count). The number of hydrogen-bond acceptors (Lipinski definition) is 35. The van der Waals surface area contributed by atoms with Gasteiger partial charge < -0.3 is 168 Å². The minimum Gasteiger partial charge on any atom is -0.479 e. The summed E-state index contributed by atoms with van der Waals surface area (Å²) in [6, 6.07) is 0. The molecule has 0 amide bonds. The van der Waals surface area contributed by atoms with Gasteiger partial charge in [0.05, 0.1) is 55.6 Å². The molecule has 4 saturated carbocycles. The van der Waals surface area contributed by atoms with Crippen LogP contribution in [0.15, 0.2) is 11.6 Å². The Kier molecular flexibility index (Phi) is 24.3. The number of carbonyl (C=O) groups is 3. The zero-order valence-electron chi connectivity index (χ0n) is 60.4. The van der Waals surface area contributed by atoms with Crippen LogP contribution in [0.5, 0.6) is 0 Å². The van der Waals surface area contributed by atoms with Crippen molar-refractivity contribution in [2.24, 2.45) is 50.2 Å². The highest BCUT2D eigenvalue weighted by Gasteiger charge is 2.72. The first-order valence-electron chi connectivity index (χ1n) is 36.9. The van der Waals surface area contributed by atoms with Crippen LogP contribution in [0.1, 0.15) is 120 Å². The molecule has 11 fully saturated rings. The molecule has 0 aromatic heterocycles. The van der Waals surface area contributed by atoms with Crippen LogP contribution in [-0.2, 0) is 80.7 Å². The van der Waals surface area contributed by atoms with Gasteiger partial charge in [-0.15, -0.1) is 0 Å². The van der Waals surface area contributed by atoms with E-state index in [1.54, 1.807) is 6.92 Å². The van der Waals surface area contributed by atoms with E-state index in [0.717, 1.165) is 11.9 Å². The first-order chi connectivity index (χ1) is 49.8. The summed E-state index contributed by atoms with van der Waals surface area (Å²) in [5.74, 6) is -3.43. The molecule has 606 valence electrons. The number of aliphatic hydroxyl groups is 18. The van der Waals surface area contributed by atoms with Crippen molar-refractivity contribution in [1.29, 1.82) is 0 Å². The molecule has 36 nitrogen and oxygen atoms in total. The lowest BCUT2D eigenvalue weighted by molar-refractivity contribution is -0.394. The van der Waals surface area contributed by atoms with Crippen LogP contribution >= 0.6 is 0 Å². The summed E-state index contributed by atoms with van der Waals surface area (Å²) in [7, 11) is 0. The molecule has 5 aliphatic carbocycles. The molecule has 0 aromatic carbocycles. The molecule has 12 aliphatic rings. The van der Waals surface area contributed by atoms with Crippen molar-refractivity contribution >= 4 is 18.2 Å². The summed E-state index contributed by atoms with van der Waals surface area (Å²) < 4.78 is 85.0. The maximum atomic E-state index is 15.8. The molecule has 0 spiro atoms. The summed E-state index contributed by atoms with van der Waals surface area (Å²) in [4.78, 5) is 43.1. The lowest BCUT2D eigenvalue weighted by Crippen LogP contribution is -2.68. The van der Waals surface area contributed by atoms with Crippen LogP contribution in [0.2, 0.25) is 0 Å². The Morgan fingerprint density at radius 2 is 0.991 bits per heavy atom. The van der Waals surface area contributed by atoms with Crippen molar-refractivity contribution in [3.05, 3.63) is 11.6 Å². The molecule has 7 saturated heterocycles. The smallest absolute Gasteiger partial charge is 0.335 e. The third kappa shape index (κ3) is 14.2. The number of rotatable bonds is 18. The molecule has 36 heteroatoms. The van der Waals surface area contributed by atoms with Gasteiger partial charge in [0.15, 0.2) is 49.9 Å². The normalized spacial score (nSPS) is 54.7. The van der Waals surface area contributed by atoms with Gasteiger partial charge in [-0.05, 0) is 117 Å². The lowest BCUT2D eigenvalue weighted by Gasteiger charge is -2.71. The second kappa shape index (κ2) is 31.1. The maximum Gasteiger partial charge on any atom is 0.335 e. The van der Waals surface area contributed by atoms with E-state index in [1.165, 1.54) is 13.8 Å². The van der Waals surface area contributed by atoms with E-state index in [4.69, 9.17) is 66.3 Å². The number of carboxylic acid groups (broad SMARTS) is 1. The highest BCUT2D eigenvalue weighted by molar-refractivity contribution is 5.79. The standard InChI is InChI=1S/C70H110O36/c1-25-36(76)43(83)54(104-61-49(89)52(102-60-47(87)42(82)40(80)32(21-72)98-60)50(26(2)96-61)100-57-44(84)37(77)29(74)22-93-57)62(95-25)106-64(92)70-17-15-65(3,4)19-28(70)27-9-10-34-66(5)13-12-35(67(6,24-73)33(66)11-14-69(34,8)68(27,7)16-18-70)99-63-55(105-58-45(85)38(78)30(75)23-94-58)51(48(88)53(103-63)56(90)91)101-59-46(86)41(81)39(79)31(20-71)97-59/h9,24-26,28-55,57-63,71-72,74-89H,10-23H2,1-8H3,(H,90,91)/t25-,26+,28+,29-,30-,31-,32+,33-,34+,35-,36+,37+,38-,39+,40-,41-,42+,43+,44+,45-,46-,47+,48-,49+,50+,51+,52+,53+,54-,55+,57+,58-,59+,60+,61+,62-,63+,66-,67+,68-,69-,70+/m1/s1. The number of aldehydes is 1. The Hall–Kier alpha value is -2.89. The van der Waals surface area contributed by atoms with Crippen LogP contribution in [-0.4, -0.2) is 351 Å². The molecule has 19 N–H and O–H groups in total. The van der Waals surface area contributed by atoms with Crippen molar-refractivity contribution in [3.63, 3.8) is 0 Å². The van der Waals surface area contributed by atoms with E-state index in [-0.39, 0.29) is 17.8 Å². The van der Waals surface area contributed by atoms with Gasteiger partial charge in [0.1, 0.15) is 141 Å². The topological polar surface area (TPSA) is 565 Å². The van der Waals surface area contributed by atoms with Crippen LogP contribution in [0, 0.1) is 50.2 Å². The average molecular weight is 1530 g/mol. The number of fused-ring (bicyclic) bond motifs is 7. The first-order valence-corrected chi connectivity index (χ1v) is 36.9. The van der Waals surface area contributed by atoms with E-state index >= 15 is 4.79 Å². The summed E-state index contributed by atoms with van der Waals surface area (Å²) in [5, 5.41) is 207. The summed E-state index contributed by atoms with van der Waals surface area (Å²) in [5.41, 5.74) is -3.61. The highest BCUT2D eigenvalue weighted by Crippen LogP contribution is 2.76. The number of aliphatic carboxylic acids is 1. The van der Waals surface area contributed by atoms with Crippen molar-refractivity contribution in [2.75, 3.05) is 26.4 Å². The lowest BCUT2D eigenvalue weighted by atomic mass is 9.33. The summed E-state index contributed by atoms with van der Waals surface area (Å²) in [6.45, 7) is 12.7. The summed E-state index contributed by atoms with van der Waals surface area (Å²) in [6.07, 6.45) is -53.9. The van der Waals surface area contributed by atoms with Crippen LogP contribution < -0.4 is 0 Å². The van der Waals surface area contributed by atoms with E-state index in [1.807, 2.05) is 0 Å². The zero-order valence-corrected chi connectivity index (χ0v) is 60.4. The molecule has 106 heavy (non-hydrogen) atoms. The maximum absolute atomic E-state index is 15.8. The Bertz CT molecular complexity index is 3100. The van der Waals surface area contributed by atoms with Crippen LogP contribution in [0.4, 0.5) is 0 Å². The number of ether oxygens (including phenoxy) is 14. The fourth-order valence-corrected chi connectivity index (χ4v) is 20.1. The molecule has 0 aromatic rings. The first kappa shape index (κ1) is 82.6. The third-order valence-electron chi connectivity index (χ3n) is 26.8. The number of hydrogen-bond donors (Lipinski definition) is 19. The van der Waals surface area contributed by atoms with Gasteiger partial charge >= 0.3 is 11.9 Å². The predicted molar refractivity (Wildman–Crippen MR) is 347 cm³/mol.